The first-order valence-corrected chi connectivity index (χ1v) is 7.04. The van der Waals surface area contributed by atoms with Crippen LogP contribution in [0, 0.1) is 0 Å². The van der Waals surface area contributed by atoms with Crippen molar-refractivity contribution in [2.24, 2.45) is 0 Å². The number of nitrogens with zero attached hydrogens (tertiary/aromatic N) is 2. The third-order valence-corrected chi connectivity index (χ3v) is 2.44. The molecule has 0 bridgehead atoms. The summed E-state index contributed by atoms with van der Waals surface area (Å²) in [5.74, 6) is -0.772. The van der Waals surface area contributed by atoms with Crippen molar-refractivity contribution in [3.05, 3.63) is 24.3 Å². The van der Waals surface area contributed by atoms with Gasteiger partial charge in [-0.2, -0.15) is 0 Å². The summed E-state index contributed by atoms with van der Waals surface area (Å²) in [6.07, 6.45) is 7.92. The van der Waals surface area contributed by atoms with Gasteiger partial charge in [0.1, 0.15) is 6.04 Å². The fourth-order valence-corrected chi connectivity index (χ4v) is 1.47. The van der Waals surface area contributed by atoms with Crippen LogP contribution in [0.15, 0.2) is 24.3 Å². The minimum absolute atomic E-state index is 0.398. The Hall–Kier alpha value is -1.13. The highest BCUT2D eigenvalue weighted by molar-refractivity contribution is 5.76. The number of likely N-dealkylation sites (N-methyl/N-ethyl adjacent to an activating group) is 2. The van der Waals surface area contributed by atoms with Gasteiger partial charge in [-0.1, -0.05) is 52.0 Å². The molecule has 2 aliphatic heterocycles. The molecule has 1 N–H and O–H groups in total. The smallest absolute Gasteiger partial charge is 0.324 e. The van der Waals surface area contributed by atoms with E-state index in [9.17, 15) is 4.79 Å². The Labute approximate surface area is 118 Å². The Bertz CT molecular complexity index is 267. The summed E-state index contributed by atoms with van der Waals surface area (Å²) < 4.78 is 0. The largest absolute Gasteiger partial charge is 0.480 e. The van der Waals surface area contributed by atoms with Crippen molar-refractivity contribution in [2.75, 3.05) is 33.7 Å². The molecule has 2 heterocycles. The number of hydrogen-bond donors (Lipinski definition) is 1. The number of carboxylic acids is 1. The molecule has 4 nitrogen and oxygen atoms in total. The van der Waals surface area contributed by atoms with Gasteiger partial charge < -0.3 is 5.11 Å². The molecule has 19 heavy (non-hydrogen) atoms. The van der Waals surface area contributed by atoms with E-state index >= 15 is 0 Å². The van der Waals surface area contributed by atoms with Crippen molar-refractivity contribution < 1.29 is 9.90 Å². The van der Waals surface area contributed by atoms with Crippen LogP contribution < -0.4 is 0 Å². The van der Waals surface area contributed by atoms with Crippen molar-refractivity contribution >= 4 is 5.97 Å². The zero-order valence-corrected chi connectivity index (χ0v) is 13.3. The summed E-state index contributed by atoms with van der Waals surface area (Å²) in [4.78, 5) is 14.3. The van der Waals surface area contributed by atoms with E-state index in [1.165, 1.54) is 0 Å². The molecule has 0 saturated carbocycles. The van der Waals surface area contributed by atoms with Gasteiger partial charge in [0.15, 0.2) is 0 Å². The summed E-state index contributed by atoms with van der Waals surface area (Å²) in [6, 6.07) is -0.398. The van der Waals surface area contributed by atoms with Gasteiger partial charge in [-0.25, -0.2) is 0 Å². The van der Waals surface area contributed by atoms with Crippen LogP contribution in [-0.2, 0) is 4.79 Å². The van der Waals surface area contributed by atoms with Crippen molar-refractivity contribution in [1.82, 2.24) is 9.80 Å². The van der Waals surface area contributed by atoms with Crippen molar-refractivity contribution in [3.8, 4) is 0 Å². The molecule has 1 unspecified atom stereocenters. The Morgan fingerprint density at radius 3 is 1.63 bits per heavy atom. The Morgan fingerprint density at radius 2 is 1.47 bits per heavy atom. The molecule has 0 spiro atoms. The Balaban J connectivity index is 0. The van der Waals surface area contributed by atoms with Gasteiger partial charge >= 0.3 is 5.97 Å². The minimum Gasteiger partial charge on any atom is -0.480 e. The van der Waals surface area contributed by atoms with Crippen LogP contribution in [0.1, 0.15) is 27.7 Å². The zero-order chi connectivity index (χ0) is 15.3. The van der Waals surface area contributed by atoms with Gasteiger partial charge in [0.2, 0.25) is 0 Å². The highest BCUT2D eigenvalue weighted by Crippen LogP contribution is 2.05. The highest BCUT2D eigenvalue weighted by Gasteiger charge is 2.21. The van der Waals surface area contributed by atoms with Crippen LogP contribution >= 0.6 is 0 Å². The van der Waals surface area contributed by atoms with Crippen LogP contribution in [0.5, 0.6) is 0 Å². The lowest BCUT2D eigenvalue weighted by Crippen LogP contribution is -2.32. The van der Waals surface area contributed by atoms with Crippen LogP contribution in [0.3, 0.4) is 0 Å². The molecule has 2 aliphatic rings. The van der Waals surface area contributed by atoms with Crippen molar-refractivity contribution in [1.29, 1.82) is 0 Å². The first-order chi connectivity index (χ1) is 9.11. The van der Waals surface area contributed by atoms with Gasteiger partial charge in [-0.05, 0) is 14.1 Å². The fourth-order valence-electron chi connectivity index (χ4n) is 1.47. The molecule has 1 atom stereocenters. The van der Waals surface area contributed by atoms with Crippen molar-refractivity contribution in [2.45, 2.75) is 33.7 Å². The average Bonchev–Trinajstić information content (AvgIpc) is 3.06. The normalized spacial score (nSPS) is 20.6. The summed E-state index contributed by atoms with van der Waals surface area (Å²) in [5, 5.41) is 8.49. The third kappa shape index (κ3) is 9.45. The molecule has 0 fully saturated rings. The average molecular weight is 270 g/mol. The molecule has 0 aromatic carbocycles. The van der Waals surface area contributed by atoms with E-state index < -0.39 is 12.0 Å². The van der Waals surface area contributed by atoms with E-state index in [0.29, 0.717) is 0 Å². The lowest BCUT2D eigenvalue weighted by Gasteiger charge is -2.13. The van der Waals surface area contributed by atoms with E-state index in [4.69, 9.17) is 5.11 Å². The van der Waals surface area contributed by atoms with E-state index in [-0.39, 0.29) is 0 Å². The van der Waals surface area contributed by atoms with Crippen LogP contribution in [-0.4, -0.2) is 60.6 Å². The quantitative estimate of drug-likeness (QED) is 0.743. The second kappa shape index (κ2) is 13.3. The van der Waals surface area contributed by atoms with Gasteiger partial charge in [-0.3, -0.25) is 14.6 Å². The molecule has 4 heteroatoms. The van der Waals surface area contributed by atoms with E-state index in [0.717, 1.165) is 19.6 Å². The maximum Gasteiger partial charge on any atom is 0.324 e. The number of rotatable bonds is 1. The molecule has 2 rings (SSSR count). The summed E-state index contributed by atoms with van der Waals surface area (Å²) in [6.45, 7) is 11.0. The molecular weight excluding hydrogens is 240 g/mol. The highest BCUT2D eigenvalue weighted by atomic mass is 16.4. The Kier molecular flexibility index (Phi) is 14.1. The summed E-state index contributed by atoms with van der Waals surface area (Å²) in [7, 11) is 3.90. The molecule has 0 radical (unpaired) electrons. The molecule has 0 aromatic heterocycles. The number of carbonyl (C=O) groups is 1. The molecule has 0 aliphatic carbocycles. The van der Waals surface area contributed by atoms with Gasteiger partial charge in [0.25, 0.3) is 0 Å². The number of carboxylic acid groups (broad SMARTS) is 1. The molecule has 0 saturated heterocycles. The van der Waals surface area contributed by atoms with E-state index in [1.54, 1.807) is 18.0 Å². The predicted octanol–water partition coefficient (Wildman–Crippen LogP) is 2.48. The summed E-state index contributed by atoms with van der Waals surface area (Å²) >= 11 is 0. The van der Waals surface area contributed by atoms with Gasteiger partial charge in [0.05, 0.1) is 0 Å². The van der Waals surface area contributed by atoms with E-state index in [1.807, 2.05) is 33.8 Å². The maximum atomic E-state index is 10.3. The molecule has 0 amide bonds. The van der Waals surface area contributed by atoms with Crippen molar-refractivity contribution in [3.63, 3.8) is 0 Å². The molecular formula is C15H30N2O2. The lowest BCUT2D eigenvalue weighted by atomic mass is 10.3. The van der Waals surface area contributed by atoms with E-state index in [2.05, 4.69) is 24.1 Å². The number of hydrogen-bond acceptors (Lipinski definition) is 3. The Morgan fingerprint density at radius 1 is 1.00 bits per heavy atom. The second-order valence-electron chi connectivity index (χ2n) is 3.84. The van der Waals surface area contributed by atoms with Crippen LogP contribution in [0.4, 0.5) is 0 Å². The topological polar surface area (TPSA) is 43.8 Å². The van der Waals surface area contributed by atoms with Crippen LogP contribution in [0.2, 0.25) is 0 Å². The minimum atomic E-state index is -0.772. The third-order valence-electron chi connectivity index (χ3n) is 2.44. The fraction of sp³-hybridized carbons (Fsp3) is 0.667. The monoisotopic (exact) mass is 270 g/mol. The first-order valence-electron chi connectivity index (χ1n) is 7.04. The van der Waals surface area contributed by atoms with Crippen LogP contribution in [0.25, 0.3) is 0 Å². The lowest BCUT2D eigenvalue weighted by molar-refractivity contribution is -0.140. The standard InChI is InChI=1S/C6H9NO2.C5H9N.2C2H6/c1-7-4-2-3-5(7)6(8)9;1-6-4-2-3-5-6;2*1-2/h2-3,5H,4H2,1H3,(H,8,9);2-3H,4-5H2,1H3;2*1-2H3. The zero-order valence-electron chi connectivity index (χ0n) is 13.3. The molecule has 0 aromatic rings. The maximum absolute atomic E-state index is 10.3. The summed E-state index contributed by atoms with van der Waals surface area (Å²) in [5.41, 5.74) is 0. The SMILES string of the molecule is CC.CC.CN1CC=CC1.CN1CC=CC1C(=O)O. The van der Waals surface area contributed by atoms with Gasteiger partial charge in [0, 0.05) is 19.6 Å². The molecule has 112 valence electrons. The predicted molar refractivity (Wildman–Crippen MR) is 82.5 cm³/mol. The number of aliphatic carboxylic acids is 1. The van der Waals surface area contributed by atoms with Gasteiger partial charge in [-0.15, -0.1) is 0 Å². The first kappa shape index (κ1) is 20.2. The second-order valence-corrected chi connectivity index (χ2v) is 3.84.